The Morgan fingerprint density at radius 2 is 1.78 bits per heavy atom. The molecule has 0 N–H and O–H groups in total. The third-order valence-corrected chi connectivity index (χ3v) is 4.82. The molecule has 0 spiro atoms. The Labute approximate surface area is 158 Å². The Morgan fingerprint density at radius 1 is 1.15 bits per heavy atom. The number of rotatable bonds is 6. The van der Waals surface area contributed by atoms with Crippen molar-refractivity contribution in [3.8, 4) is 17.2 Å². The first kappa shape index (κ1) is 19.0. The van der Waals surface area contributed by atoms with Gasteiger partial charge >= 0.3 is 0 Å². The monoisotopic (exact) mass is 375 g/mol. The third kappa shape index (κ3) is 4.15. The molecule has 27 heavy (non-hydrogen) atoms. The second-order valence-corrected chi connectivity index (χ2v) is 6.55. The van der Waals surface area contributed by atoms with Gasteiger partial charge in [0.2, 0.25) is 17.5 Å². The van der Waals surface area contributed by atoms with Gasteiger partial charge in [-0.25, -0.2) is 0 Å². The van der Waals surface area contributed by atoms with Crippen molar-refractivity contribution in [1.82, 2.24) is 15.0 Å². The van der Waals surface area contributed by atoms with Gasteiger partial charge in [0.15, 0.2) is 17.3 Å². The number of methoxy groups -OCH3 is 3. The molecule has 1 aromatic carbocycles. The number of amides is 1. The molecular formula is C19H25N3O5. The van der Waals surface area contributed by atoms with Crippen LogP contribution in [0.2, 0.25) is 0 Å². The lowest BCUT2D eigenvalue weighted by molar-refractivity contribution is -0.131. The van der Waals surface area contributed by atoms with E-state index in [0.29, 0.717) is 42.1 Å². The van der Waals surface area contributed by atoms with E-state index in [9.17, 15) is 4.79 Å². The molecule has 1 aromatic heterocycles. The van der Waals surface area contributed by atoms with Crippen molar-refractivity contribution in [3.05, 3.63) is 29.4 Å². The lowest BCUT2D eigenvalue weighted by Crippen LogP contribution is -2.38. The molecule has 146 valence electrons. The lowest BCUT2D eigenvalue weighted by atomic mass is 9.96. The van der Waals surface area contributed by atoms with E-state index >= 15 is 0 Å². The van der Waals surface area contributed by atoms with Crippen LogP contribution in [-0.4, -0.2) is 55.4 Å². The smallest absolute Gasteiger partial charge is 0.229 e. The number of benzene rings is 1. The summed E-state index contributed by atoms with van der Waals surface area (Å²) in [6.45, 7) is 3.16. The van der Waals surface area contributed by atoms with Crippen LogP contribution in [0.25, 0.3) is 0 Å². The first-order valence-corrected chi connectivity index (χ1v) is 8.92. The molecule has 0 unspecified atom stereocenters. The number of piperidine rings is 1. The van der Waals surface area contributed by atoms with E-state index in [1.807, 2.05) is 24.0 Å². The van der Waals surface area contributed by atoms with Crippen LogP contribution in [0.1, 0.15) is 36.0 Å². The summed E-state index contributed by atoms with van der Waals surface area (Å²) in [4.78, 5) is 18.9. The van der Waals surface area contributed by atoms with E-state index in [2.05, 4.69) is 10.1 Å². The maximum Gasteiger partial charge on any atom is 0.229 e. The summed E-state index contributed by atoms with van der Waals surface area (Å²) >= 11 is 0. The molecule has 1 aliphatic heterocycles. The number of nitrogens with zero attached hydrogens (tertiary/aromatic N) is 3. The van der Waals surface area contributed by atoms with Gasteiger partial charge in [0.05, 0.1) is 27.8 Å². The average Bonchev–Trinajstić information content (AvgIpc) is 3.13. The van der Waals surface area contributed by atoms with Crippen LogP contribution in [0, 0.1) is 6.92 Å². The Morgan fingerprint density at radius 3 is 2.26 bits per heavy atom. The summed E-state index contributed by atoms with van der Waals surface area (Å²) in [5.74, 6) is 3.22. The summed E-state index contributed by atoms with van der Waals surface area (Å²) in [5.41, 5.74) is 0.823. The van der Waals surface area contributed by atoms with Crippen molar-refractivity contribution >= 4 is 5.91 Å². The highest BCUT2D eigenvalue weighted by Crippen LogP contribution is 2.38. The number of ether oxygens (including phenoxy) is 3. The topological polar surface area (TPSA) is 86.9 Å². The highest BCUT2D eigenvalue weighted by Gasteiger charge is 2.27. The highest BCUT2D eigenvalue weighted by molar-refractivity contribution is 5.79. The minimum atomic E-state index is 0.0735. The van der Waals surface area contributed by atoms with E-state index < -0.39 is 0 Å². The van der Waals surface area contributed by atoms with Crippen LogP contribution >= 0.6 is 0 Å². The van der Waals surface area contributed by atoms with Gasteiger partial charge in [-0.05, 0) is 37.5 Å². The second-order valence-electron chi connectivity index (χ2n) is 6.55. The van der Waals surface area contributed by atoms with Gasteiger partial charge in [0.25, 0.3) is 0 Å². The number of aromatic nitrogens is 2. The Hall–Kier alpha value is -2.77. The molecule has 2 aromatic rings. The van der Waals surface area contributed by atoms with E-state index in [1.165, 1.54) is 0 Å². The molecule has 2 heterocycles. The van der Waals surface area contributed by atoms with Crippen LogP contribution in [0.3, 0.4) is 0 Å². The van der Waals surface area contributed by atoms with E-state index in [1.54, 1.807) is 21.3 Å². The molecule has 0 atom stereocenters. The van der Waals surface area contributed by atoms with Gasteiger partial charge < -0.3 is 23.6 Å². The quantitative estimate of drug-likeness (QED) is 0.766. The number of hydrogen-bond acceptors (Lipinski definition) is 7. The predicted octanol–water partition coefficient (Wildman–Crippen LogP) is 2.35. The number of likely N-dealkylation sites (tertiary alicyclic amines) is 1. The predicted molar refractivity (Wildman–Crippen MR) is 97.4 cm³/mol. The first-order chi connectivity index (χ1) is 13.0. The van der Waals surface area contributed by atoms with Crippen LogP contribution in [-0.2, 0) is 11.2 Å². The van der Waals surface area contributed by atoms with Gasteiger partial charge in [-0.15, -0.1) is 0 Å². The zero-order chi connectivity index (χ0) is 19.4. The second kappa shape index (κ2) is 8.28. The van der Waals surface area contributed by atoms with Crippen LogP contribution in [0.5, 0.6) is 17.2 Å². The first-order valence-electron chi connectivity index (χ1n) is 8.92. The SMILES string of the molecule is COc1cc(CC(=O)N2CCC(c3nc(C)no3)CC2)cc(OC)c1OC. The Kier molecular flexibility index (Phi) is 5.83. The van der Waals surface area contributed by atoms with Gasteiger partial charge in [-0.3, -0.25) is 4.79 Å². The van der Waals surface area contributed by atoms with Crippen LogP contribution in [0.15, 0.2) is 16.7 Å². The fourth-order valence-electron chi connectivity index (χ4n) is 3.38. The highest BCUT2D eigenvalue weighted by atomic mass is 16.5. The average molecular weight is 375 g/mol. The van der Waals surface area contributed by atoms with E-state index in [0.717, 1.165) is 18.4 Å². The van der Waals surface area contributed by atoms with Crippen molar-refractivity contribution in [2.24, 2.45) is 0 Å². The number of carbonyl (C=O) groups excluding carboxylic acids is 1. The minimum absolute atomic E-state index is 0.0735. The number of aryl methyl sites for hydroxylation is 1. The van der Waals surface area contributed by atoms with Crippen molar-refractivity contribution < 1.29 is 23.5 Å². The molecule has 8 nitrogen and oxygen atoms in total. The number of carbonyl (C=O) groups is 1. The van der Waals surface area contributed by atoms with Gasteiger partial charge in [0, 0.05) is 19.0 Å². The molecule has 1 fully saturated rings. The maximum atomic E-state index is 12.7. The van der Waals surface area contributed by atoms with Crippen molar-refractivity contribution in [1.29, 1.82) is 0 Å². The minimum Gasteiger partial charge on any atom is -0.493 e. The fraction of sp³-hybridized carbons (Fsp3) is 0.526. The zero-order valence-electron chi connectivity index (χ0n) is 16.2. The molecule has 0 aliphatic carbocycles. The maximum absolute atomic E-state index is 12.7. The van der Waals surface area contributed by atoms with Gasteiger partial charge in [-0.1, -0.05) is 5.16 Å². The largest absolute Gasteiger partial charge is 0.493 e. The van der Waals surface area contributed by atoms with Crippen molar-refractivity contribution in [2.45, 2.75) is 32.1 Å². The number of hydrogen-bond donors (Lipinski definition) is 0. The molecule has 0 radical (unpaired) electrons. The van der Waals surface area contributed by atoms with Crippen LogP contribution < -0.4 is 14.2 Å². The summed E-state index contributed by atoms with van der Waals surface area (Å²) in [5, 5.41) is 3.85. The standard InChI is InChI=1S/C19H25N3O5/c1-12-20-19(27-21-12)14-5-7-22(8-6-14)17(23)11-13-9-15(24-2)18(26-4)16(10-13)25-3/h9-10,14H,5-8,11H2,1-4H3. The van der Waals surface area contributed by atoms with Gasteiger partial charge in [0.1, 0.15) is 0 Å². The van der Waals surface area contributed by atoms with Crippen molar-refractivity contribution in [3.63, 3.8) is 0 Å². The lowest BCUT2D eigenvalue weighted by Gasteiger charge is -2.30. The summed E-state index contributed by atoms with van der Waals surface area (Å²) in [6.07, 6.45) is 1.92. The van der Waals surface area contributed by atoms with E-state index in [-0.39, 0.29) is 18.2 Å². The molecule has 1 aliphatic rings. The molecular weight excluding hydrogens is 350 g/mol. The summed E-state index contributed by atoms with van der Waals surface area (Å²) in [7, 11) is 4.68. The van der Waals surface area contributed by atoms with Crippen molar-refractivity contribution in [2.75, 3.05) is 34.4 Å². The molecule has 1 amide bonds. The normalized spacial score (nSPS) is 14.9. The zero-order valence-corrected chi connectivity index (χ0v) is 16.2. The Bertz CT molecular complexity index is 771. The molecule has 1 saturated heterocycles. The van der Waals surface area contributed by atoms with Gasteiger partial charge in [-0.2, -0.15) is 4.98 Å². The molecule has 3 rings (SSSR count). The summed E-state index contributed by atoms with van der Waals surface area (Å²) in [6, 6.07) is 3.63. The van der Waals surface area contributed by atoms with E-state index in [4.69, 9.17) is 18.7 Å². The Balaban J connectivity index is 1.64. The molecule has 8 heteroatoms. The third-order valence-electron chi connectivity index (χ3n) is 4.82. The fourth-order valence-corrected chi connectivity index (χ4v) is 3.38. The molecule has 0 saturated carbocycles. The summed E-state index contributed by atoms with van der Waals surface area (Å²) < 4.78 is 21.3. The molecule has 0 bridgehead atoms. The van der Waals surface area contributed by atoms with Crippen LogP contribution in [0.4, 0.5) is 0 Å².